The van der Waals surface area contributed by atoms with Gasteiger partial charge in [0.1, 0.15) is 0 Å². The average Bonchev–Trinajstić information content (AvgIpc) is 3.24. The molecule has 19 heavy (non-hydrogen) atoms. The highest BCUT2D eigenvalue weighted by atomic mass is 19.1. The molecule has 1 aliphatic carbocycles. The molecule has 0 bridgehead atoms. The number of nitrogens with one attached hydrogen (secondary N) is 1. The third-order valence-electron chi connectivity index (χ3n) is 3.74. The predicted molar refractivity (Wildman–Crippen MR) is 71.2 cm³/mol. The first-order valence-electron chi connectivity index (χ1n) is 6.72. The topological polar surface area (TPSA) is 70.3 Å². The van der Waals surface area contributed by atoms with E-state index in [4.69, 9.17) is 5.84 Å². The molecular weight excluding hydrogens is 247 g/mol. The highest BCUT2D eigenvalue weighted by Crippen LogP contribution is 2.30. The molecule has 1 aromatic rings. The van der Waals surface area contributed by atoms with E-state index in [1.165, 1.54) is 19.4 Å². The van der Waals surface area contributed by atoms with E-state index in [0.717, 1.165) is 38.3 Å². The molecule has 7 heteroatoms. The standard InChI is InChI=1S/C12H19FN6/c13-10-7-15-12(17-14)16-11(10)19-5-3-18(4-6-19)8-9-1-2-9/h7,9H,1-6,8,14H2,(H,15,16,17). The summed E-state index contributed by atoms with van der Waals surface area (Å²) in [6, 6.07) is 0. The molecule has 1 aliphatic heterocycles. The van der Waals surface area contributed by atoms with Gasteiger partial charge in [0.25, 0.3) is 0 Å². The Morgan fingerprint density at radius 2 is 2.05 bits per heavy atom. The lowest BCUT2D eigenvalue weighted by molar-refractivity contribution is 0.247. The SMILES string of the molecule is NNc1ncc(F)c(N2CCN(CC3CC3)CC2)n1. The monoisotopic (exact) mass is 266 g/mol. The first kappa shape index (κ1) is 12.6. The molecule has 0 atom stereocenters. The maximum atomic E-state index is 13.8. The predicted octanol–water partition coefficient (Wildman–Crippen LogP) is 0.433. The fourth-order valence-electron chi connectivity index (χ4n) is 2.46. The van der Waals surface area contributed by atoms with E-state index < -0.39 is 5.82 Å². The van der Waals surface area contributed by atoms with Crippen LogP contribution in [0.15, 0.2) is 6.20 Å². The molecule has 2 heterocycles. The maximum absolute atomic E-state index is 13.8. The summed E-state index contributed by atoms with van der Waals surface area (Å²) < 4.78 is 13.8. The first-order valence-corrected chi connectivity index (χ1v) is 6.72. The zero-order valence-corrected chi connectivity index (χ0v) is 10.8. The Kier molecular flexibility index (Phi) is 3.48. The lowest BCUT2D eigenvalue weighted by Gasteiger charge is -2.35. The number of nitrogens with zero attached hydrogens (tertiary/aromatic N) is 4. The van der Waals surface area contributed by atoms with Crippen LogP contribution >= 0.6 is 0 Å². The Balaban J connectivity index is 1.63. The van der Waals surface area contributed by atoms with E-state index in [1.54, 1.807) is 0 Å². The lowest BCUT2D eigenvalue weighted by Crippen LogP contribution is -2.47. The number of hydrogen-bond donors (Lipinski definition) is 2. The minimum absolute atomic E-state index is 0.247. The molecule has 0 aromatic carbocycles. The normalized spacial score (nSPS) is 20.6. The van der Waals surface area contributed by atoms with Crippen molar-refractivity contribution < 1.29 is 4.39 Å². The summed E-state index contributed by atoms with van der Waals surface area (Å²) in [5, 5.41) is 0. The Morgan fingerprint density at radius 3 is 2.68 bits per heavy atom. The van der Waals surface area contributed by atoms with Gasteiger partial charge in [-0.15, -0.1) is 0 Å². The molecule has 3 rings (SSSR count). The minimum atomic E-state index is -0.394. The molecule has 0 amide bonds. The van der Waals surface area contributed by atoms with Crippen LogP contribution in [0.5, 0.6) is 0 Å². The van der Waals surface area contributed by atoms with Crippen molar-refractivity contribution in [2.24, 2.45) is 11.8 Å². The van der Waals surface area contributed by atoms with Crippen molar-refractivity contribution in [2.45, 2.75) is 12.8 Å². The van der Waals surface area contributed by atoms with Crippen molar-refractivity contribution in [3.05, 3.63) is 12.0 Å². The Morgan fingerprint density at radius 1 is 1.32 bits per heavy atom. The largest absolute Gasteiger partial charge is 0.351 e. The Hall–Kier alpha value is -1.47. The van der Waals surface area contributed by atoms with Gasteiger partial charge < -0.3 is 4.90 Å². The van der Waals surface area contributed by atoms with Crippen LogP contribution in [-0.4, -0.2) is 47.6 Å². The minimum Gasteiger partial charge on any atom is -0.351 e. The quantitative estimate of drug-likeness (QED) is 0.608. The molecular formula is C12H19FN6. The van der Waals surface area contributed by atoms with Gasteiger partial charge in [0.05, 0.1) is 6.20 Å². The van der Waals surface area contributed by atoms with E-state index in [2.05, 4.69) is 20.3 Å². The summed E-state index contributed by atoms with van der Waals surface area (Å²) in [5.74, 6) is 6.35. The van der Waals surface area contributed by atoms with Gasteiger partial charge in [0.2, 0.25) is 5.95 Å². The van der Waals surface area contributed by atoms with Crippen molar-refractivity contribution in [3.63, 3.8) is 0 Å². The fraction of sp³-hybridized carbons (Fsp3) is 0.667. The molecule has 104 valence electrons. The van der Waals surface area contributed by atoms with E-state index in [0.29, 0.717) is 5.82 Å². The number of rotatable bonds is 4. The second-order valence-electron chi connectivity index (χ2n) is 5.24. The Bertz CT molecular complexity index is 442. The van der Waals surface area contributed by atoms with Crippen LogP contribution in [0.4, 0.5) is 16.2 Å². The third-order valence-corrected chi connectivity index (χ3v) is 3.74. The van der Waals surface area contributed by atoms with Crippen LogP contribution in [0.3, 0.4) is 0 Å². The highest BCUT2D eigenvalue weighted by molar-refractivity contribution is 5.44. The van der Waals surface area contributed by atoms with E-state index in [1.807, 2.05) is 4.90 Å². The van der Waals surface area contributed by atoms with E-state index in [-0.39, 0.29) is 5.95 Å². The summed E-state index contributed by atoms with van der Waals surface area (Å²) in [7, 11) is 0. The summed E-state index contributed by atoms with van der Waals surface area (Å²) in [6.45, 7) is 4.71. The Labute approximate surface area is 111 Å². The van der Waals surface area contributed by atoms with Crippen LogP contribution in [0.1, 0.15) is 12.8 Å². The number of aromatic nitrogens is 2. The number of hydrogen-bond acceptors (Lipinski definition) is 6. The number of nitrogens with two attached hydrogens (primary N) is 1. The van der Waals surface area contributed by atoms with Gasteiger partial charge >= 0.3 is 0 Å². The van der Waals surface area contributed by atoms with Crippen LogP contribution in [0, 0.1) is 11.7 Å². The second-order valence-corrected chi connectivity index (χ2v) is 5.24. The molecule has 2 aliphatic rings. The zero-order valence-electron chi connectivity index (χ0n) is 10.8. The van der Waals surface area contributed by atoms with Crippen LogP contribution in [0.25, 0.3) is 0 Å². The van der Waals surface area contributed by atoms with Crippen molar-refractivity contribution >= 4 is 11.8 Å². The van der Waals surface area contributed by atoms with Gasteiger partial charge in [0.15, 0.2) is 11.6 Å². The molecule has 2 fully saturated rings. The number of nitrogen functional groups attached to an aromatic ring is 1. The molecule has 1 saturated carbocycles. The number of hydrazine groups is 1. The highest BCUT2D eigenvalue weighted by Gasteiger charge is 2.27. The van der Waals surface area contributed by atoms with Gasteiger partial charge in [-0.05, 0) is 18.8 Å². The summed E-state index contributed by atoms with van der Waals surface area (Å²) in [4.78, 5) is 12.3. The van der Waals surface area contributed by atoms with Crippen molar-refractivity contribution in [3.8, 4) is 0 Å². The summed E-state index contributed by atoms with van der Waals surface area (Å²) in [5.41, 5.74) is 2.35. The van der Waals surface area contributed by atoms with Gasteiger partial charge in [-0.3, -0.25) is 10.3 Å². The molecule has 0 radical (unpaired) electrons. The number of halogens is 1. The first-order chi connectivity index (χ1) is 9.26. The smallest absolute Gasteiger partial charge is 0.239 e. The van der Waals surface area contributed by atoms with Crippen LogP contribution < -0.4 is 16.2 Å². The lowest BCUT2D eigenvalue weighted by atomic mass is 10.2. The van der Waals surface area contributed by atoms with Gasteiger partial charge in [-0.25, -0.2) is 15.2 Å². The van der Waals surface area contributed by atoms with Gasteiger partial charge in [-0.2, -0.15) is 4.98 Å². The fourth-order valence-corrected chi connectivity index (χ4v) is 2.46. The van der Waals surface area contributed by atoms with E-state index in [9.17, 15) is 4.39 Å². The van der Waals surface area contributed by atoms with Crippen LogP contribution in [-0.2, 0) is 0 Å². The van der Waals surface area contributed by atoms with Gasteiger partial charge in [0, 0.05) is 32.7 Å². The number of anilines is 2. The van der Waals surface area contributed by atoms with Crippen molar-refractivity contribution in [2.75, 3.05) is 43.0 Å². The maximum Gasteiger partial charge on any atom is 0.239 e. The number of piperazine rings is 1. The van der Waals surface area contributed by atoms with Crippen molar-refractivity contribution in [1.82, 2.24) is 14.9 Å². The van der Waals surface area contributed by atoms with Crippen LogP contribution in [0.2, 0.25) is 0 Å². The molecule has 6 nitrogen and oxygen atoms in total. The third kappa shape index (κ3) is 2.93. The van der Waals surface area contributed by atoms with Crippen molar-refractivity contribution in [1.29, 1.82) is 0 Å². The average molecular weight is 266 g/mol. The van der Waals surface area contributed by atoms with E-state index >= 15 is 0 Å². The van der Waals surface area contributed by atoms with Gasteiger partial charge in [-0.1, -0.05) is 0 Å². The molecule has 0 spiro atoms. The second kappa shape index (κ2) is 5.26. The zero-order chi connectivity index (χ0) is 13.2. The molecule has 1 aromatic heterocycles. The summed E-state index contributed by atoms with van der Waals surface area (Å²) >= 11 is 0. The molecule has 3 N–H and O–H groups in total. The summed E-state index contributed by atoms with van der Waals surface area (Å²) in [6.07, 6.45) is 3.90. The molecule has 0 unspecified atom stereocenters. The molecule has 1 saturated heterocycles.